The Labute approximate surface area is 124 Å². The molecule has 0 spiro atoms. The van der Waals surface area contributed by atoms with E-state index in [1.807, 2.05) is 0 Å². The SMILES string of the molecule is CCC1CCN(Cc2cccc(CNC(C)C)c2)CC1. The molecule has 1 aliphatic rings. The molecule has 2 nitrogen and oxygen atoms in total. The van der Waals surface area contributed by atoms with Gasteiger partial charge in [0, 0.05) is 19.1 Å². The van der Waals surface area contributed by atoms with Crippen molar-refractivity contribution in [2.75, 3.05) is 13.1 Å². The molecule has 0 atom stereocenters. The van der Waals surface area contributed by atoms with E-state index in [0.29, 0.717) is 6.04 Å². The summed E-state index contributed by atoms with van der Waals surface area (Å²) in [7, 11) is 0. The van der Waals surface area contributed by atoms with Gasteiger partial charge in [0.15, 0.2) is 0 Å². The number of hydrogen-bond donors (Lipinski definition) is 1. The van der Waals surface area contributed by atoms with Crippen molar-refractivity contribution in [2.24, 2.45) is 5.92 Å². The third-order valence-electron chi connectivity index (χ3n) is 4.40. The third-order valence-corrected chi connectivity index (χ3v) is 4.40. The quantitative estimate of drug-likeness (QED) is 0.848. The molecule has 0 aromatic heterocycles. The molecule has 1 fully saturated rings. The molecule has 2 heteroatoms. The highest BCUT2D eigenvalue weighted by Gasteiger charge is 2.17. The first-order valence-corrected chi connectivity index (χ1v) is 8.21. The van der Waals surface area contributed by atoms with E-state index in [9.17, 15) is 0 Å². The molecule has 2 rings (SSSR count). The lowest BCUT2D eigenvalue weighted by atomic mass is 9.94. The van der Waals surface area contributed by atoms with Crippen LogP contribution in [-0.4, -0.2) is 24.0 Å². The van der Waals surface area contributed by atoms with E-state index >= 15 is 0 Å². The van der Waals surface area contributed by atoms with Crippen LogP contribution in [0.1, 0.15) is 51.2 Å². The summed E-state index contributed by atoms with van der Waals surface area (Å²) in [5.41, 5.74) is 2.86. The highest BCUT2D eigenvalue weighted by molar-refractivity contribution is 5.23. The van der Waals surface area contributed by atoms with Crippen LogP contribution in [0.4, 0.5) is 0 Å². The fourth-order valence-corrected chi connectivity index (χ4v) is 2.97. The summed E-state index contributed by atoms with van der Waals surface area (Å²) in [6, 6.07) is 9.60. The van der Waals surface area contributed by atoms with Gasteiger partial charge in [0.05, 0.1) is 0 Å². The van der Waals surface area contributed by atoms with Gasteiger partial charge in [0.2, 0.25) is 0 Å². The molecular weight excluding hydrogens is 244 g/mol. The molecule has 1 aliphatic heterocycles. The predicted molar refractivity (Wildman–Crippen MR) is 86.7 cm³/mol. The zero-order valence-electron chi connectivity index (χ0n) is 13.4. The first-order chi connectivity index (χ1) is 9.67. The summed E-state index contributed by atoms with van der Waals surface area (Å²) in [5.74, 6) is 0.966. The predicted octanol–water partition coefficient (Wildman–Crippen LogP) is 3.81. The largest absolute Gasteiger partial charge is 0.310 e. The molecule has 1 N–H and O–H groups in total. The average Bonchev–Trinajstić information content (AvgIpc) is 2.46. The van der Waals surface area contributed by atoms with Gasteiger partial charge in [-0.05, 0) is 43.0 Å². The van der Waals surface area contributed by atoms with Crippen molar-refractivity contribution in [2.45, 2.75) is 59.2 Å². The second-order valence-corrected chi connectivity index (χ2v) is 6.48. The smallest absolute Gasteiger partial charge is 0.0233 e. The zero-order valence-corrected chi connectivity index (χ0v) is 13.4. The van der Waals surface area contributed by atoms with Gasteiger partial charge in [-0.15, -0.1) is 0 Å². The normalized spacial score (nSPS) is 17.8. The van der Waals surface area contributed by atoms with E-state index in [1.54, 1.807) is 0 Å². The molecule has 1 saturated heterocycles. The molecule has 0 bridgehead atoms. The highest BCUT2D eigenvalue weighted by atomic mass is 15.1. The van der Waals surface area contributed by atoms with Crippen molar-refractivity contribution < 1.29 is 0 Å². The van der Waals surface area contributed by atoms with E-state index in [-0.39, 0.29) is 0 Å². The van der Waals surface area contributed by atoms with Crippen molar-refractivity contribution in [3.05, 3.63) is 35.4 Å². The number of hydrogen-bond acceptors (Lipinski definition) is 2. The zero-order chi connectivity index (χ0) is 14.4. The lowest BCUT2D eigenvalue weighted by Crippen LogP contribution is -2.33. The first-order valence-electron chi connectivity index (χ1n) is 8.21. The minimum atomic E-state index is 0.548. The first kappa shape index (κ1) is 15.5. The molecule has 0 radical (unpaired) electrons. The molecular formula is C18H30N2. The minimum absolute atomic E-state index is 0.548. The maximum absolute atomic E-state index is 3.49. The minimum Gasteiger partial charge on any atom is -0.310 e. The summed E-state index contributed by atoms with van der Waals surface area (Å²) in [6.45, 7) is 11.4. The fraction of sp³-hybridized carbons (Fsp3) is 0.667. The molecule has 112 valence electrons. The van der Waals surface area contributed by atoms with E-state index in [0.717, 1.165) is 19.0 Å². The number of rotatable bonds is 6. The van der Waals surface area contributed by atoms with Crippen molar-refractivity contribution in [1.82, 2.24) is 10.2 Å². The molecule has 0 unspecified atom stereocenters. The molecule has 0 amide bonds. The van der Waals surface area contributed by atoms with Gasteiger partial charge in [0.1, 0.15) is 0 Å². The number of benzene rings is 1. The fourth-order valence-electron chi connectivity index (χ4n) is 2.97. The van der Waals surface area contributed by atoms with Crippen LogP contribution in [0, 0.1) is 5.92 Å². The summed E-state index contributed by atoms with van der Waals surface area (Å²) < 4.78 is 0. The van der Waals surface area contributed by atoms with Crippen LogP contribution in [0.3, 0.4) is 0 Å². The van der Waals surface area contributed by atoms with Gasteiger partial charge in [-0.25, -0.2) is 0 Å². The Kier molecular flexibility index (Phi) is 6.06. The molecule has 0 saturated carbocycles. The number of nitrogens with zero attached hydrogens (tertiary/aromatic N) is 1. The van der Waals surface area contributed by atoms with Gasteiger partial charge in [-0.1, -0.05) is 51.5 Å². The second-order valence-electron chi connectivity index (χ2n) is 6.48. The van der Waals surface area contributed by atoms with Gasteiger partial charge >= 0.3 is 0 Å². The molecule has 20 heavy (non-hydrogen) atoms. The summed E-state index contributed by atoms with van der Waals surface area (Å²) in [5, 5.41) is 3.49. The Morgan fingerprint density at radius 2 is 1.90 bits per heavy atom. The van der Waals surface area contributed by atoms with Crippen LogP contribution in [-0.2, 0) is 13.1 Å². The van der Waals surface area contributed by atoms with Crippen molar-refractivity contribution in [3.8, 4) is 0 Å². The number of piperidine rings is 1. The third kappa shape index (κ3) is 4.92. The number of nitrogens with one attached hydrogen (secondary N) is 1. The van der Waals surface area contributed by atoms with E-state index in [2.05, 4.69) is 55.3 Å². The number of likely N-dealkylation sites (tertiary alicyclic amines) is 1. The Balaban J connectivity index is 1.85. The Bertz CT molecular complexity index is 392. The van der Waals surface area contributed by atoms with Crippen molar-refractivity contribution >= 4 is 0 Å². The second kappa shape index (κ2) is 7.80. The van der Waals surface area contributed by atoms with Crippen LogP contribution in [0.2, 0.25) is 0 Å². The summed E-state index contributed by atoms with van der Waals surface area (Å²) >= 11 is 0. The van der Waals surface area contributed by atoms with Crippen molar-refractivity contribution in [3.63, 3.8) is 0 Å². The van der Waals surface area contributed by atoms with Gasteiger partial charge in [-0.2, -0.15) is 0 Å². The standard InChI is InChI=1S/C18H30N2/c1-4-16-8-10-20(11-9-16)14-18-7-5-6-17(12-18)13-19-15(2)3/h5-7,12,15-16,19H,4,8-11,13-14H2,1-3H3. The monoisotopic (exact) mass is 274 g/mol. The van der Waals surface area contributed by atoms with Crippen LogP contribution < -0.4 is 5.32 Å². The Morgan fingerprint density at radius 3 is 2.55 bits per heavy atom. The van der Waals surface area contributed by atoms with Gasteiger partial charge in [-0.3, -0.25) is 4.90 Å². The van der Waals surface area contributed by atoms with Crippen LogP contribution in [0.5, 0.6) is 0 Å². The van der Waals surface area contributed by atoms with Crippen LogP contribution >= 0.6 is 0 Å². The van der Waals surface area contributed by atoms with Crippen LogP contribution in [0.15, 0.2) is 24.3 Å². The van der Waals surface area contributed by atoms with Crippen LogP contribution in [0.25, 0.3) is 0 Å². The summed E-state index contributed by atoms with van der Waals surface area (Å²) in [6.07, 6.45) is 4.11. The lowest BCUT2D eigenvalue weighted by molar-refractivity contribution is 0.175. The Hall–Kier alpha value is -0.860. The van der Waals surface area contributed by atoms with Gasteiger partial charge < -0.3 is 5.32 Å². The topological polar surface area (TPSA) is 15.3 Å². The summed E-state index contributed by atoms with van der Waals surface area (Å²) in [4.78, 5) is 2.61. The molecule has 1 aromatic rings. The lowest BCUT2D eigenvalue weighted by Gasteiger charge is -2.31. The maximum atomic E-state index is 3.49. The van der Waals surface area contributed by atoms with E-state index in [1.165, 1.54) is 43.5 Å². The molecule has 0 aliphatic carbocycles. The maximum Gasteiger partial charge on any atom is 0.0233 e. The average molecular weight is 274 g/mol. The van der Waals surface area contributed by atoms with Gasteiger partial charge in [0.25, 0.3) is 0 Å². The van der Waals surface area contributed by atoms with E-state index in [4.69, 9.17) is 0 Å². The van der Waals surface area contributed by atoms with Crippen molar-refractivity contribution in [1.29, 1.82) is 0 Å². The molecule has 1 heterocycles. The highest BCUT2D eigenvalue weighted by Crippen LogP contribution is 2.21. The molecule has 1 aromatic carbocycles. The van der Waals surface area contributed by atoms with E-state index < -0.39 is 0 Å². The Morgan fingerprint density at radius 1 is 1.20 bits per heavy atom.